The van der Waals surface area contributed by atoms with E-state index in [9.17, 15) is 4.79 Å². The summed E-state index contributed by atoms with van der Waals surface area (Å²) in [7, 11) is 0. The zero-order valence-corrected chi connectivity index (χ0v) is 13.5. The average Bonchev–Trinajstić information content (AvgIpc) is 3.25. The molecule has 0 aromatic carbocycles. The third-order valence-electron chi connectivity index (χ3n) is 4.80. The van der Waals surface area contributed by atoms with E-state index < -0.39 is 0 Å². The Bertz CT molecular complexity index is 510. The molecule has 6 nitrogen and oxygen atoms in total. The summed E-state index contributed by atoms with van der Waals surface area (Å²) in [5.74, 6) is 2.05. The number of aromatic nitrogens is 2. The monoisotopic (exact) mass is 307 g/mol. The van der Waals surface area contributed by atoms with Gasteiger partial charge >= 0.3 is 0 Å². The molecule has 3 atom stereocenters. The number of piperidine rings is 1. The number of amides is 1. The topological polar surface area (TPSA) is 68.5 Å². The summed E-state index contributed by atoms with van der Waals surface area (Å²) in [6.07, 6.45) is 4.56. The fraction of sp³-hybridized carbons (Fsp3) is 0.812. The first-order valence-electron chi connectivity index (χ1n) is 8.43. The van der Waals surface area contributed by atoms with Crippen LogP contribution in [0.4, 0.5) is 0 Å². The Morgan fingerprint density at radius 1 is 1.41 bits per heavy atom. The van der Waals surface area contributed by atoms with Gasteiger partial charge in [0.05, 0.1) is 5.92 Å². The van der Waals surface area contributed by atoms with Gasteiger partial charge < -0.3 is 14.2 Å². The molecule has 3 heterocycles. The van der Waals surface area contributed by atoms with Gasteiger partial charge in [-0.05, 0) is 32.1 Å². The molecule has 1 amide bonds. The molecule has 0 aliphatic carbocycles. The van der Waals surface area contributed by atoms with Crippen molar-refractivity contribution in [2.45, 2.75) is 63.9 Å². The van der Waals surface area contributed by atoms with Gasteiger partial charge in [-0.25, -0.2) is 0 Å². The van der Waals surface area contributed by atoms with Crippen LogP contribution in [0, 0.1) is 0 Å². The van der Waals surface area contributed by atoms with Gasteiger partial charge in [0.1, 0.15) is 6.10 Å². The van der Waals surface area contributed by atoms with Crippen molar-refractivity contribution in [3.05, 3.63) is 11.7 Å². The highest BCUT2D eigenvalue weighted by molar-refractivity contribution is 5.81. The quantitative estimate of drug-likeness (QED) is 0.854. The highest BCUT2D eigenvalue weighted by Crippen LogP contribution is 2.28. The minimum atomic E-state index is -0.239. The van der Waals surface area contributed by atoms with Gasteiger partial charge in [-0.3, -0.25) is 4.79 Å². The first-order valence-corrected chi connectivity index (χ1v) is 8.43. The van der Waals surface area contributed by atoms with Gasteiger partial charge in [-0.1, -0.05) is 19.0 Å². The van der Waals surface area contributed by atoms with Gasteiger partial charge in [0.15, 0.2) is 5.82 Å². The Morgan fingerprint density at radius 2 is 2.27 bits per heavy atom. The third-order valence-corrected chi connectivity index (χ3v) is 4.80. The lowest BCUT2D eigenvalue weighted by Gasteiger charge is -2.32. The summed E-state index contributed by atoms with van der Waals surface area (Å²) in [6.45, 7) is 6.39. The van der Waals surface area contributed by atoms with Crippen LogP contribution in [-0.2, 0) is 9.53 Å². The fourth-order valence-electron chi connectivity index (χ4n) is 3.15. The van der Waals surface area contributed by atoms with E-state index >= 15 is 0 Å². The molecule has 0 radical (unpaired) electrons. The van der Waals surface area contributed by atoms with Gasteiger partial charge in [0.25, 0.3) is 5.91 Å². The molecule has 2 saturated heterocycles. The molecule has 3 unspecified atom stereocenters. The normalized spacial score (nSPS) is 27.1. The first-order chi connectivity index (χ1) is 10.7. The molecular formula is C16H25N3O3. The molecule has 0 saturated carbocycles. The minimum Gasteiger partial charge on any atom is -0.368 e. The van der Waals surface area contributed by atoms with Gasteiger partial charge in [-0.2, -0.15) is 4.98 Å². The molecular weight excluding hydrogens is 282 g/mol. The SMILES string of the molecule is CCC(C)c1noc(C2CCCN(C(=O)C3CCCO3)C2)n1. The lowest BCUT2D eigenvalue weighted by molar-refractivity contribution is -0.142. The number of carbonyl (C=O) groups excluding carboxylic acids is 1. The van der Waals surface area contributed by atoms with E-state index in [1.807, 2.05) is 4.90 Å². The number of nitrogens with zero attached hydrogens (tertiary/aromatic N) is 3. The van der Waals surface area contributed by atoms with E-state index in [4.69, 9.17) is 9.26 Å². The van der Waals surface area contributed by atoms with Crippen molar-refractivity contribution in [3.63, 3.8) is 0 Å². The van der Waals surface area contributed by atoms with Crippen LogP contribution in [0.25, 0.3) is 0 Å². The largest absolute Gasteiger partial charge is 0.368 e. The number of hydrogen-bond donors (Lipinski definition) is 0. The van der Waals surface area contributed by atoms with E-state index in [0.29, 0.717) is 25.0 Å². The molecule has 122 valence electrons. The maximum absolute atomic E-state index is 12.5. The molecule has 0 bridgehead atoms. The third kappa shape index (κ3) is 3.16. The zero-order valence-electron chi connectivity index (χ0n) is 13.5. The van der Waals surface area contributed by atoms with Gasteiger partial charge in [-0.15, -0.1) is 0 Å². The van der Waals surface area contributed by atoms with Gasteiger partial charge in [0, 0.05) is 25.6 Å². The lowest BCUT2D eigenvalue weighted by Crippen LogP contribution is -2.44. The molecule has 2 aliphatic heterocycles. The molecule has 0 spiro atoms. The van der Waals surface area contributed by atoms with E-state index in [2.05, 4.69) is 24.0 Å². The molecule has 6 heteroatoms. The summed E-state index contributed by atoms with van der Waals surface area (Å²) in [4.78, 5) is 18.9. The summed E-state index contributed by atoms with van der Waals surface area (Å²) in [5, 5.41) is 4.10. The smallest absolute Gasteiger partial charge is 0.251 e. The Kier molecular flexibility index (Phi) is 4.76. The predicted molar refractivity (Wildman–Crippen MR) is 80.5 cm³/mol. The van der Waals surface area contributed by atoms with Crippen molar-refractivity contribution in [2.75, 3.05) is 19.7 Å². The predicted octanol–water partition coefficient (Wildman–Crippen LogP) is 2.47. The highest BCUT2D eigenvalue weighted by atomic mass is 16.5. The highest BCUT2D eigenvalue weighted by Gasteiger charge is 2.33. The second kappa shape index (κ2) is 6.77. The van der Waals surface area contributed by atoms with Crippen LogP contribution in [0.15, 0.2) is 4.52 Å². The average molecular weight is 307 g/mol. The van der Waals surface area contributed by atoms with Crippen LogP contribution < -0.4 is 0 Å². The van der Waals surface area contributed by atoms with Crippen molar-refractivity contribution >= 4 is 5.91 Å². The second-order valence-corrected chi connectivity index (χ2v) is 6.43. The van der Waals surface area contributed by atoms with Crippen LogP contribution in [-0.4, -0.2) is 46.7 Å². The van der Waals surface area contributed by atoms with Gasteiger partial charge in [0.2, 0.25) is 5.89 Å². The van der Waals surface area contributed by atoms with Crippen LogP contribution in [0.5, 0.6) is 0 Å². The molecule has 2 fully saturated rings. The van der Waals surface area contributed by atoms with E-state index in [1.165, 1.54) is 0 Å². The van der Waals surface area contributed by atoms with E-state index in [-0.39, 0.29) is 17.9 Å². The second-order valence-electron chi connectivity index (χ2n) is 6.43. The number of ether oxygens (including phenoxy) is 1. The molecule has 2 aliphatic rings. The van der Waals surface area contributed by atoms with Crippen LogP contribution in [0.3, 0.4) is 0 Å². The first kappa shape index (κ1) is 15.5. The maximum atomic E-state index is 12.5. The van der Waals surface area contributed by atoms with Crippen molar-refractivity contribution in [1.29, 1.82) is 0 Å². The van der Waals surface area contributed by atoms with Crippen molar-refractivity contribution < 1.29 is 14.1 Å². The molecule has 3 rings (SSSR count). The molecule has 0 N–H and O–H groups in total. The van der Waals surface area contributed by atoms with E-state index in [1.54, 1.807) is 0 Å². The lowest BCUT2D eigenvalue weighted by atomic mass is 9.97. The number of rotatable bonds is 4. The van der Waals surface area contributed by atoms with E-state index in [0.717, 1.165) is 44.5 Å². The molecule has 1 aromatic rings. The number of likely N-dealkylation sites (tertiary alicyclic amines) is 1. The molecule has 22 heavy (non-hydrogen) atoms. The van der Waals surface area contributed by atoms with Crippen molar-refractivity contribution in [1.82, 2.24) is 15.0 Å². The number of hydrogen-bond acceptors (Lipinski definition) is 5. The minimum absolute atomic E-state index is 0.129. The van der Waals surface area contributed by atoms with Crippen LogP contribution in [0.1, 0.15) is 69.5 Å². The molecule has 1 aromatic heterocycles. The van der Waals surface area contributed by atoms with Crippen molar-refractivity contribution in [2.24, 2.45) is 0 Å². The number of carbonyl (C=O) groups is 1. The standard InChI is InChI=1S/C16H25N3O3/c1-3-11(2)14-17-15(22-18-14)12-6-4-8-19(10-12)16(20)13-7-5-9-21-13/h11-13H,3-10H2,1-2H3. The summed E-state index contributed by atoms with van der Waals surface area (Å²) in [5.41, 5.74) is 0. The van der Waals surface area contributed by atoms with Crippen molar-refractivity contribution in [3.8, 4) is 0 Å². The Morgan fingerprint density at radius 3 is 3.00 bits per heavy atom. The summed E-state index contributed by atoms with van der Waals surface area (Å²) in [6, 6.07) is 0. The zero-order chi connectivity index (χ0) is 15.5. The Balaban J connectivity index is 1.65. The Hall–Kier alpha value is -1.43. The maximum Gasteiger partial charge on any atom is 0.251 e. The fourth-order valence-corrected chi connectivity index (χ4v) is 3.15. The van der Waals surface area contributed by atoms with Crippen LogP contribution in [0.2, 0.25) is 0 Å². The Labute approximate surface area is 131 Å². The summed E-state index contributed by atoms with van der Waals surface area (Å²) >= 11 is 0. The summed E-state index contributed by atoms with van der Waals surface area (Å²) < 4.78 is 11.0. The van der Waals surface area contributed by atoms with Crippen LogP contribution >= 0.6 is 0 Å².